The van der Waals surface area contributed by atoms with E-state index in [1.807, 2.05) is 35.6 Å². The second-order valence-electron chi connectivity index (χ2n) is 5.51. The zero-order valence-electron chi connectivity index (χ0n) is 13.5. The van der Waals surface area contributed by atoms with Crippen LogP contribution in [0, 0.1) is 11.9 Å². The number of benzene rings is 2. The van der Waals surface area contributed by atoms with E-state index in [0.717, 1.165) is 5.56 Å². The Kier molecular flexibility index (Phi) is 7.86. The van der Waals surface area contributed by atoms with Gasteiger partial charge in [0.25, 0.3) is 0 Å². The van der Waals surface area contributed by atoms with E-state index < -0.39 is 5.82 Å². The van der Waals surface area contributed by atoms with Crippen LogP contribution in [0.1, 0.15) is 18.0 Å². The molecule has 2 aromatic rings. The van der Waals surface area contributed by atoms with E-state index in [1.165, 1.54) is 30.3 Å². The number of hydrogen-bond donors (Lipinski definition) is 2. The molecule has 0 spiro atoms. The second-order valence-corrected chi connectivity index (χ2v) is 6.92. The maximum atomic E-state index is 13.2. The SMILES string of the molecule is CN1SNC(c2c[c-]ccc2)CC1C(=O)Nc1ccc(F)c(Cl)c1.[Y]. The topological polar surface area (TPSA) is 44.4 Å². The third-order valence-corrected chi connectivity index (χ3v) is 5.08. The molecule has 2 atom stereocenters. The fourth-order valence-corrected chi connectivity index (χ4v) is 3.55. The fraction of sp³-hybridized carbons (Fsp3) is 0.235. The first-order valence-electron chi connectivity index (χ1n) is 7.42. The van der Waals surface area contributed by atoms with Gasteiger partial charge < -0.3 is 5.32 Å². The Morgan fingerprint density at radius 1 is 1.48 bits per heavy atom. The number of rotatable bonds is 3. The molecule has 1 aliphatic rings. The van der Waals surface area contributed by atoms with Crippen LogP contribution in [0.15, 0.2) is 42.5 Å². The number of nitrogens with one attached hydrogen (secondary N) is 2. The van der Waals surface area contributed by atoms with Crippen molar-refractivity contribution in [2.24, 2.45) is 0 Å². The first kappa shape index (κ1) is 20.8. The number of anilines is 1. The van der Waals surface area contributed by atoms with Crippen LogP contribution in [0.25, 0.3) is 0 Å². The molecule has 2 N–H and O–H groups in total. The molecule has 1 amide bonds. The summed E-state index contributed by atoms with van der Waals surface area (Å²) in [4.78, 5) is 12.6. The van der Waals surface area contributed by atoms with Crippen LogP contribution in [-0.2, 0) is 37.5 Å². The number of carbonyl (C=O) groups is 1. The van der Waals surface area contributed by atoms with Crippen LogP contribution >= 0.6 is 23.7 Å². The minimum atomic E-state index is -0.510. The molecule has 1 radical (unpaired) electrons. The Labute approximate surface area is 181 Å². The van der Waals surface area contributed by atoms with Gasteiger partial charge in [0, 0.05) is 56.6 Å². The van der Waals surface area contributed by atoms with Crippen LogP contribution in [0.3, 0.4) is 0 Å². The van der Waals surface area contributed by atoms with Gasteiger partial charge >= 0.3 is 0 Å². The summed E-state index contributed by atoms with van der Waals surface area (Å²) in [6, 6.07) is 14.6. The van der Waals surface area contributed by atoms with Crippen molar-refractivity contribution in [1.29, 1.82) is 0 Å². The molecule has 129 valence electrons. The normalized spacial score (nSPS) is 20.6. The maximum Gasteiger partial charge on any atom is 0.242 e. The largest absolute Gasteiger partial charge is 0.325 e. The Hall–Kier alpha value is -0.496. The molecule has 0 bridgehead atoms. The summed E-state index contributed by atoms with van der Waals surface area (Å²) in [5.41, 5.74) is 1.56. The monoisotopic (exact) mass is 453 g/mol. The molecule has 0 saturated carbocycles. The average Bonchev–Trinajstić information content (AvgIpc) is 2.59. The molecule has 3 rings (SSSR count). The van der Waals surface area contributed by atoms with Crippen molar-refractivity contribution in [1.82, 2.24) is 9.03 Å². The van der Waals surface area contributed by atoms with E-state index in [1.54, 1.807) is 0 Å². The van der Waals surface area contributed by atoms with Crippen LogP contribution in [0.4, 0.5) is 10.1 Å². The molecule has 2 aromatic carbocycles. The van der Waals surface area contributed by atoms with Gasteiger partial charge in [0.2, 0.25) is 5.91 Å². The van der Waals surface area contributed by atoms with E-state index in [4.69, 9.17) is 11.6 Å². The maximum absolute atomic E-state index is 13.2. The summed E-state index contributed by atoms with van der Waals surface area (Å²) >= 11 is 7.16. The predicted octanol–water partition coefficient (Wildman–Crippen LogP) is 3.81. The van der Waals surface area contributed by atoms with Gasteiger partial charge in [-0.3, -0.25) is 9.52 Å². The molecule has 1 aliphatic heterocycles. The van der Waals surface area contributed by atoms with Gasteiger partial charge in [-0.1, -0.05) is 11.6 Å². The molecule has 2 unspecified atom stereocenters. The summed E-state index contributed by atoms with van der Waals surface area (Å²) in [6.07, 6.45) is 0.613. The zero-order chi connectivity index (χ0) is 17.1. The molecular weight excluding hydrogens is 438 g/mol. The molecular formula is C17H16ClFN3OSY-. The Morgan fingerprint density at radius 3 is 2.96 bits per heavy atom. The third kappa shape index (κ3) is 5.25. The van der Waals surface area contributed by atoms with Gasteiger partial charge in [-0.05, 0) is 31.7 Å². The van der Waals surface area contributed by atoms with Crippen LogP contribution in [-0.4, -0.2) is 23.3 Å². The second kappa shape index (κ2) is 9.44. The number of hydrogen-bond acceptors (Lipinski definition) is 4. The van der Waals surface area contributed by atoms with Gasteiger partial charge in [0.15, 0.2) is 0 Å². The minimum absolute atomic E-state index is 0. The summed E-state index contributed by atoms with van der Waals surface area (Å²) in [5, 5.41) is 2.79. The Morgan fingerprint density at radius 2 is 2.28 bits per heavy atom. The first-order valence-corrected chi connectivity index (χ1v) is 8.57. The van der Waals surface area contributed by atoms with Gasteiger partial charge in [-0.2, -0.15) is 30.3 Å². The third-order valence-electron chi connectivity index (χ3n) is 3.86. The van der Waals surface area contributed by atoms with Gasteiger partial charge in [0.05, 0.1) is 5.02 Å². The minimum Gasteiger partial charge on any atom is -0.325 e. The van der Waals surface area contributed by atoms with Crippen molar-refractivity contribution < 1.29 is 41.9 Å². The summed E-state index contributed by atoms with van der Waals surface area (Å²) in [7, 11) is 1.85. The van der Waals surface area contributed by atoms with Crippen molar-refractivity contribution in [3.05, 3.63) is 64.9 Å². The number of amides is 1. The van der Waals surface area contributed by atoms with Crippen molar-refractivity contribution in [2.75, 3.05) is 12.4 Å². The van der Waals surface area contributed by atoms with Crippen LogP contribution in [0.2, 0.25) is 5.02 Å². The van der Waals surface area contributed by atoms with Crippen LogP contribution in [0.5, 0.6) is 0 Å². The van der Waals surface area contributed by atoms with Gasteiger partial charge in [0.1, 0.15) is 11.9 Å². The van der Waals surface area contributed by atoms with Crippen molar-refractivity contribution in [3.8, 4) is 0 Å². The summed E-state index contributed by atoms with van der Waals surface area (Å²) < 4.78 is 18.4. The average molecular weight is 454 g/mol. The number of likely N-dealkylation sites (N-methyl/N-ethyl adjacent to an activating group) is 1. The molecule has 0 aromatic heterocycles. The molecule has 8 heteroatoms. The molecule has 25 heavy (non-hydrogen) atoms. The van der Waals surface area contributed by atoms with Gasteiger partial charge in [-0.15, -0.1) is 5.56 Å². The van der Waals surface area contributed by atoms with E-state index in [-0.39, 0.29) is 55.7 Å². The zero-order valence-corrected chi connectivity index (χ0v) is 17.9. The molecule has 4 nitrogen and oxygen atoms in total. The standard InChI is InChI=1S/C17H16ClFN3OS.Y/c1-22-16(10-15(21-24-22)11-5-3-2-4-6-11)17(23)20-12-7-8-14(19)13(18)9-12;/h2-3,5-9,15-16,21H,10H2,1H3,(H,20,23);/q-1;. The van der Waals surface area contributed by atoms with Crippen LogP contribution < -0.4 is 10.0 Å². The predicted molar refractivity (Wildman–Crippen MR) is 95.0 cm³/mol. The van der Waals surface area contributed by atoms with E-state index in [2.05, 4.69) is 16.1 Å². The number of halogens is 2. The smallest absolute Gasteiger partial charge is 0.242 e. The number of carbonyl (C=O) groups excluding carboxylic acids is 1. The quantitative estimate of drug-likeness (QED) is 0.548. The molecule has 1 heterocycles. The van der Waals surface area contributed by atoms with Gasteiger partial charge in [-0.25, -0.2) is 8.70 Å². The summed E-state index contributed by atoms with van der Waals surface area (Å²) in [6.45, 7) is 0. The molecule has 0 aliphatic carbocycles. The molecule has 1 fully saturated rings. The first-order chi connectivity index (χ1) is 11.5. The van der Waals surface area contributed by atoms with E-state index in [9.17, 15) is 9.18 Å². The molecule has 1 saturated heterocycles. The van der Waals surface area contributed by atoms with Crippen molar-refractivity contribution in [3.63, 3.8) is 0 Å². The van der Waals surface area contributed by atoms with E-state index >= 15 is 0 Å². The van der Waals surface area contributed by atoms with Crippen molar-refractivity contribution >= 4 is 35.3 Å². The number of nitrogens with zero attached hydrogens (tertiary/aromatic N) is 1. The fourth-order valence-electron chi connectivity index (χ4n) is 2.53. The Balaban J connectivity index is 0.00000225. The van der Waals surface area contributed by atoms with Crippen molar-refractivity contribution in [2.45, 2.75) is 18.5 Å². The van der Waals surface area contributed by atoms with E-state index in [0.29, 0.717) is 12.1 Å². The summed E-state index contributed by atoms with van der Waals surface area (Å²) in [5.74, 6) is -0.663. The Bertz CT molecular complexity index is 737.